The highest BCUT2D eigenvalue weighted by Gasteiger charge is 2.39. The molecule has 0 radical (unpaired) electrons. The first kappa shape index (κ1) is 49.7. The number of aromatic hydroxyl groups is 1. The van der Waals surface area contributed by atoms with Crippen LogP contribution in [0, 0.1) is 0 Å². The Bertz CT molecular complexity index is 1700. The zero-order valence-electron chi connectivity index (χ0n) is 32.1. The lowest BCUT2D eigenvalue weighted by Crippen LogP contribution is -2.38. The number of aliphatic hydroxyl groups excluding tert-OH is 1. The van der Waals surface area contributed by atoms with Crippen LogP contribution in [-0.4, -0.2) is 101 Å². The number of halogens is 6. The van der Waals surface area contributed by atoms with Gasteiger partial charge in [0.15, 0.2) is 0 Å². The highest BCUT2D eigenvalue weighted by atomic mass is 19.4. The van der Waals surface area contributed by atoms with Gasteiger partial charge in [0, 0.05) is 25.2 Å². The molecule has 1 heterocycles. The normalized spacial score (nSPS) is 13.7. The van der Waals surface area contributed by atoms with E-state index in [1.807, 2.05) is 54.6 Å². The Kier molecular flexibility index (Phi) is 21.8. The molecule has 59 heavy (non-hydrogen) atoms. The third-order valence-electron chi connectivity index (χ3n) is 8.83. The number of ether oxygens (including phenoxy) is 1. The molecule has 1 aliphatic rings. The lowest BCUT2D eigenvalue weighted by atomic mass is 10.0. The zero-order valence-corrected chi connectivity index (χ0v) is 32.1. The maximum atomic E-state index is 12.7. The number of rotatable bonds is 18. The van der Waals surface area contributed by atoms with Crippen molar-refractivity contribution in [1.29, 1.82) is 0 Å². The van der Waals surface area contributed by atoms with Crippen molar-refractivity contribution in [3.63, 3.8) is 0 Å². The second-order valence-corrected chi connectivity index (χ2v) is 13.3. The van der Waals surface area contributed by atoms with E-state index in [0.717, 1.165) is 68.7 Å². The minimum Gasteiger partial charge on any atom is -0.506 e. The second-order valence-electron chi connectivity index (χ2n) is 13.3. The summed E-state index contributed by atoms with van der Waals surface area (Å²) in [4.78, 5) is 43.6. The van der Waals surface area contributed by atoms with Crippen molar-refractivity contribution in [2.75, 3.05) is 43.4 Å². The van der Waals surface area contributed by atoms with Crippen LogP contribution in [0.2, 0.25) is 0 Å². The summed E-state index contributed by atoms with van der Waals surface area (Å²) in [7, 11) is 0. The van der Waals surface area contributed by atoms with Gasteiger partial charge in [0.25, 0.3) is 0 Å². The summed E-state index contributed by atoms with van der Waals surface area (Å²) in [5.41, 5.74) is 3.73. The minimum atomic E-state index is -5.08. The maximum Gasteiger partial charge on any atom is 0.490 e. The van der Waals surface area contributed by atoms with Crippen LogP contribution >= 0.6 is 0 Å². The van der Waals surface area contributed by atoms with E-state index >= 15 is 0 Å². The summed E-state index contributed by atoms with van der Waals surface area (Å²) < 4.78 is 69.2. The first-order valence-corrected chi connectivity index (χ1v) is 18.8. The van der Waals surface area contributed by atoms with Gasteiger partial charge in [-0.05, 0) is 68.1 Å². The van der Waals surface area contributed by atoms with Crippen molar-refractivity contribution < 1.29 is 70.7 Å². The molecule has 4 rings (SSSR count). The maximum absolute atomic E-state index is 12.7. The Morgan fingerprint density at radius 1 is 0.780 bits per heavy atom. The first-order chi connectivity index (χ1) is 27.9. The lowest BCUT2D eigenvalue weighted by Gasteiger charge is -2.31. The highest BCUT2D eigenvalue weighted by molar-refractivity contribution is 5.91. The molecule has 3 aromatic rings. The third kappa shape index (κ3) is 20.2. The molecule has 1 atom stereocenters. The number of piperidine rings is 1. The van der Waals surface area contributed by atoms with Gasteiger partial charge in [-0.2, -0.15) is 26.3 Å². The number of aliphatic carboxylic acids is 2. The molecule has 0 saturated carbocycles. The number of phenols is 1. The van der Waals surface area contributed by atoms with Crippen LogP contribution < -0.4 is 16.0 Å². The van der Waals surface area contributed by atoms with Crippen molar-refractivity contribution >= 4 is 35.8 Å². The van der Waals surface area contributed by atoms with Gasteiger partial charge in [-0.1, -0.05) is 86.7 Å². The number of likely N-dealkylation sites (tertiary alicyclic amines) is 1. The highest BCUT2D eigenvalue weighted by Crippen LogP contribution is 2.29. The Morgan fingerprint density at radius 2 is 1.32 bits per heavy atom. The van der Waals surface area contributed by atoms with Gasteiger partial charge in [-0.15, -0.1) is 0 Å². The van der Waals surface area contributed by atoms with Crippen LogP contribution in [0.3, 0.4) is 0 Å². The number of hydrogen-bond acceptors (Lipinski definition) is 9. The molecule has 1 aliphatic heterocycles. The lowest BCUT2D eigenvalue weighted by molar-refractivity contribution is -0.193. The molecule has 0 spiro atoms. The molecule has 19 heteroatoms. The molecule has 1 fully saturated rings. The van der Waals surface area contributed by atoms with E-state index in [2.05, 4.69) is 20.9 Å². The van der Waals surface area contributed by atoms with Gasteiger partial charge in [0.2, 0.25) is 6.41 Å². The number of unbranched alkanes of at least 4 members (excludes halogenated alkanes) is 6. The van der Waals surface area contributed by atoms with Crippen molar-refractivity contribution in [3.05, 3.63) is 78.4 Å². The number of carbonyl (C=O) groups is 4. The van der Waals surface area contributed by atoms with Crippen LogP contribution in [0.4, 0.5) is 42.5 Å². The van der Waals surface area contributed by atoms with E-state index in [0.29, 0.717) is 24.2 Å². The molecule has 0 aromatic heterocycles. The third-order valence-corrected chi connectivity index (χ3v) is 8.83. The van der Waals surface area contributed by atoms with Crippen LogP contribution in [0.5, 0.6) is 5.75 Å². The average molecular weight is 845 g/mol. The predicted molar refractivity (Wildman–Crippen MR) is 207 cm³/mol. The van der Waals surface area contributed by atoms with Crippen LogP contribution in [0.25, 0.3) is 11.1 Å². The predicted octanol–water partition coefficient (Wildman–Crippen LogP) is 7.96. The van der Waals surface area contributed by atoms with Crippen molar-refractivity contribution in [1.82, 2.24) is 10.2 Å². The number of carbonyl (C=O) groups excluding carboxylic acids is 2. The molecular weight excluding hydrogens is 794 g/mol. The average Bonchev–Trinajstić information content (AvgIpc) is 3.18. The van der Waals surface area contributed by atoms with E-state index in [-0.39, 0.29) is 17.9 Å². The Morgan fingerprint density at radius 3 is 1.90 bits per heavy atom. The summed E-state index contributed by atoms with van der Waals surface area (Å²) >= 11 is 0. The quantitative estimate of drug-likeness (QED) is 0.0284. The number of phenolic OH excluding ortho intramolecular Hbond substituents is 1. The SMILES string of the molecule is O=C(O)C(F)(F)F.O=C(O)C(F)(F)F.O=CNc1cc([C@@H](O)CNCCCCCCCCCN2CCC(OC(=O)Nc3ccccc3-c3ccccc3)CC2)ccc1O. The van der Waals surface area contributed by atoms with Gasteiger partial charge < -0.3 is 40.7 Å². The number of carboxylic acids is 2. The van der Waals surface area contributed by atoms with E-state index in [4.69, 9.17) is 24.5 Å². The van der Waals surface area contributed by atoms with E-state index in [9.17, 15) is 46.1 Å². The summed E-state index contributed by atoms with van der Waals surface area (Å²) in [5.74, 6) is -5.54. The number of alkyl halides is 6. The number of amides is 2. The van der Waals surface area contributed by atoms with E-state index in [1.165, 1.54) is 38.2 Å². The Labute approximate surface area is 337 Å². The van der Waals surface area contributed by atoms with Gasteiger partial charge in [0.05, 0.1) is 17.5 Å². The molecule has 0 aliphatic carbocycles. The number of anilines is 2. The fourth-order valence-corrected chi connectivity index (χ4v) is 5.77. The van der Waals surface area contributed by atoms with Crippen molar-refractivity contribution in [2.45, 2.75) is 82.3 Å². The molecule has 13 nitrogen and oxygen atoms in total. The van der Waals surface area contributed by atoms with Gasteiger partial charge in [-0.3, -0.25) is 10.1 Å². The molecule has 1 saturated heterocycles. The summed E-state index contributed by atoms with van der Waals surface area (Å²) in [6.45, 7) is 4.29. The van der Waals surface area contributed by atoms with Gasteiger partial charge in [0.1, 0.15) is 11.9 Å². The zero-order chi connectivity index (χ0) is 43.8. The summed E-state index contributed by atoms with van der Waals surface area (Å²) in [5, 5.41) is 43.0. The smallest absolute Gasteiger partial charge is 0.490 e. The standard InChI is InChI=1S/C36H48N4O5.2C2HF3O2/c41-27-38-33-25-29(17-18-34(33)42)35(43)26-37-21-11-4-2-1-3-5-12-22-40-23-19-30(20-24-40)45-36(44)39-32-16-10-9-15-31(32)28-13-7-6-8-14-28;2*3-2(4,5)1(6)7/h6-10,13-18,25,27,30,35,37,42-43H,1-5,11-12,19-24,26H2,(H,38,41)(H,39,44);2*(H,6,7)/t35-;;/m0../s1. The molecule has 0 unspecified atom stereocenters. The number of carboxylic acid groups (broad SMARTS) is 2. The number of hydrogen-bond donors (Lipinski definition) is 7. The van der Waals surface area contributed by atoms with Crippen LogP contribution in [0.1, 0.15) is 69.5 Å². The fourth-order valence-electron chi connectivity index (χ4n) is 5.77. The number of nitrogens with zero attached hydrogens (tertiary/aromatic N) is 1. The Hall–Kier alpha value is -5.40. The Balaban J connectivity index is 0.000000732. The largest absolute Gasteiger partial charge is 0.506 e. The van der Waals surface area contributed by atoms with Crippen LogP contribution in [-0.2, 0) is 19.1 Å². The topological polar surface area (TPSA) is 198 Å². The molecule has 3 aromatic carbocycles. The van der Waals surface area contributed by atoms with Crippen molar-refractivity contribution in [3.8, 4) is 16.9 Å². The summed E-state index contributed by atoms with van der Waals surface area (Å²) in [6.07, 6.45) is -0.718. The molecule has 326 valence electrons. The van der Waals surface area contributed by atoms with Gasteiger partial charge in [-0.25, -0.2) is 14.4 Å². The minimum absolute atomic E-state index is 0.0265. The second kappa shape index (κ2) is 25.9. The van der Waals surface area contributed by atoms with Crippen LogP contribution in [0.15, 0.2) is 72.8 Å². The summed E-state index contributed by atoms with van der Waals surface area (Å²) in [6, 6.07) is 22.5. The van der Waals surface area contributed by atoms with Crippen molar-refractivity contribution in [2.24, 2.45) is 0 Å². The van der Waals surface area contributed by atoms with E-state index < -0.39 is 30.4 Å². The molecule has 0 bridgehead atoms. The number of nitrogens with one attached hydrogen (secondary N) is 3. The molecule has 7 N–H and O–H groups in total. The monoisotopic (exact) mass is 844 g/mol. The fraction of sp³-hybridized carbons (Fsp3) is 0.450. The van der Waals surface area contributed by atoms with Gasteiger partial charge >= 0.3 is 30.4 Å². The number of aliphatic hydroxyl groups is 1. The number of para-hydroxylation sites is 1. The molecule has 2 amide bonds. The van der Waals surface area contributed by atoms with E-state index in [1.54, 1.807) is 12.1 Å². The first-order valence-electron chi connectivity index (χ1n) is 18.8. The number of benzene rings is 3. The molecular formula is C40H50F6N4O9.